The van der Waals surface area contributed by atoms with Crippen LogP contribution in [0.3, 0.4) is 0 Å². The summed E-state index contributed by atoms with van der Waals surface area (Å²) in [7, 11) is 0. The predicted octanol–water partition coefficient (Wildman–Crippen LogP) is 4.05. The van der Waals surface area contributed by atoms with Gasteiger partial charge in [0.2, 0.25) is 0 Å². The molecule has 1 unspecified atom stereocenters. The molecule has 0 saturated heterocycles. The number of hydrogen-bond donors (Lipinski definition) is 1. The van der Waals surface area contributed by atoms with Crippen LogP contribution in [0.15, 0.2) is 29.6 Å². The van der Waals surface area contributed by atoms with Gasteiger partial charge in [0.05, 0.1) is 0 Å². The summed E-state index contributed by atoms with van der Waals surface area (Å²) in [6.45, 7) is 3.93. The van der Waals surface area contributed by atoms with E-state index in [1.54, 1.807) is 12.1 Å². The molecule has 1 aromatic heterocycles. The van der Waals surface area contributed by atoms with Crippen LogP contribution in [-0.4, -0.2) is 16.0 Å². The van der Waals surface area contributed by atoms with Crippen molar-refractivity contribution in [2.24, 2.45) is 0 Å². The number of fused-ring (bicyclic) bond motifs is 1. The highest BCUT2D eigenvalue weighted by Gasteiger charge is 2.24. The second-order valence-electron chi connectivity index (χ2n) is 5.10. The average molecular weight is 294 g/mol. The number of phenols is 1. The van der Waals surface area contributed by atoms with Crippen LogP contribution in [0.2, 0.25) is 5.02 Å². The fourth-order valence-corrected chi connectivity index (χ4v) is 3.78. The Labute approximate surface area is 122 Å². The van der Waals surface area contributed by atoms with Crippen LogP contribution in [-0.2, 0) is 19.5 Å². The highest BCUT2D eigenvalue weighted by molar-refractivity contribution is 7.10. The van der Waals surface area contributed by atoms with Crippen LogP contribution < -0.4 is 0 Å². The summed E-state index contributed by atoms with van der Waals surface area (Å²) in [6.07, 6.45) is 1.09. The number of thiophene rings is 1. The van der Waals surface area contributed by atoms with Crippen LogP contribution in [0.4, 0.5) is 0 Å². The molecule has 19 heavy (non-hydrogen) atoms. The monoisotopic (exact) mass is 293 g/mol. The number of halogens is 1. The van der Waals surface area contributed by atoms with E-state index in [1.165, 1.54) is 10.4 Å². The lowest BCUT2D eigenvalue weighted by molar-refractivity contribution is 0.175. The van der Waals surface area contributed by atoms with Gasteiger partial charge in [0.15, 0.2) is 0 Å². The molecule has 100 valence electrons. The molecule has 1 N–H and O–H groups in total. The zero-order valence-corrected chi connectivity index (χ0v) is 12.3. The smallest absolute Gasteiger partial charge is 0.120 e. The first kappa shape index (κ1) is 13.0. The summed E-state index contributed by atoms with van der Waals surface area (Å²) in [5, 5.41) is 12.8. The Morgan fingerprint density at radius 1 is 1.42 bits per heavy atom. The van der Waals surface area contributed by atoms with Gasteiger partial charge in [0, 0.05) is 34.6 Å². The quantitative estimate of drug-likeness (QED) is 0.903. The summed E-state index contributed by atoms with van der Waals surface area (Å²) in [6, 6.07) is 7.94. The minimum absolute atomic E-state index is 0.327. The first-order chi connectivity index (χ1) is 9.13. The largest absolute Gasteiger partial charge is 0.508 e. The number of nitrogens with zero attached hydrogens (tertiary/aromatic N) is 1. The molecule has 2 heterocycles. The van der Waals surface area contributed by atoms with Crippen molar-refractivity contribution < 1.29 is 5.11 Å². The third kappa shape index (κ3) is 2.64. The first-order valence-corrected chi connectivity index (χ1v) is 7.66. The molecule has 0 spiro atoms. The van der Waals surface area contributed by atoms with Crippen molar-refractivity contribution in [2.45, 2.75) is 32.5 Å². The molecule has 0 amide bonds. The molecule has 2 aromatic rings. The number of aromatic hydroxyl groups is 1. The number of benzene rings is 1. The van der Waals surface area contributed by atoms with Crippen molar-refractivity contribution in [3.8, 4) is 5.75 Å². The summed E-state index contributed by atoms with van der Waals surface area (Å²) in [4.78, 5) is 3.89. The van der Waals surface area contributed by atoms with E-state index < -0.39 is 0 Å². The van der Waals surface area contributed by atoms with Gasteiger partial charge in [0.1, 0.15) is 5.75 Å². The fraction of sp³-hybridized carbons (Fsp3) is 0.333. The molecule has 0 aliphatic carbocycles. The van der Waals surface area contributed by atoms with Gasteiger partial charge in [-0.15, -0.1) is 11.3 Å². The SMILES string of the molecule is CC1Cc2sccc2CN1Cc1cc(Cl)ccc1O. The van der Waals surface area contributed by atoms with Crippen molar-refractivity contribution in [3.05, 3.63) is 50.7 Å². The maximum Gasteiger partial charge on any atom is 0.120 e. The normalized spacial score (nSPS) is 19.4. The topological polar surface area (TPSA) is 23.5 Å². The maximum atomic E-state index is 9.92. The standard InChI is InChI=1S/C15H16ClNOS/c1-10-6-15-11(4-5-19-15)8-17(10)9-12-7-13(16)2-3-14(12)18/h2-5,7,10,18H,6,8-9H2,1H3. The summed E-state index contributed by atoms with van der Waals surface area (Å²) in [5.41, 5.74) is 2.32. The second-order valence-corrected chi connectivity index (χ2v) is 6.54. The fourth-order valence-electron chi connectivity index (χ4n) is 2.57. The van der Waals surface area contributed by atoms with Crippen LogP contribution in [0.25, 0.3) is 0 Å². The molecule has 4 heteroatoms. The number of rotatable bonds is 2. The molecule has 1 atom stereocenters. The van der Waals surface area contributed by atoms with E-state index in [0.717, 1.165) is 25.1 Å². The van der Waals surface area contributed by atoms with Crippen molar-refractivity contribution in [3.63, 3.8) is 0 Å². The molecule has 1 aromatic carbocycles. The zero-order valence-electron chi connectivity index (χ0n) is 10.8. The van der Waals surface area contributed by atoms with E-state index in [2.05, 4.69) is 23.3 Å². The lowest BCUT2D eigenvalue weighted by Gasteiger charge is -2.33. The summed E-state index contributed by atoms with van der Waals surface area (Å²) < 4.78 is 0. The van der Waals surface area contributed by atoms with Gasteiger partial charge < -0.3 is 5.11 Å². The highest BCUT2D eigenvalue weighted by atomic mass is 35.5. The van der Waals surface area contributed by atoms with Gasteiger partial charge in [-0.2, -0.15) is 0 Å². The van der Waals surface area contributed by atoms with Gasteiger partial charge in [0.25, 0.3) is 0 Å². The first-order valence-electron chi connectivity index (χ1n) is 6.40. The lowest BCUT2D eigenvalue weighted by atomic mass is 10.0. The lowest BCUT2D eigenvalue weighted by Crippen LogP contribution is -2.37. The Morgan fingerprint density at radius 2 is 2.26 bits per heavy atom. The van der Waals surface area contributed by atoms with Gasteiger partial charge >= 0.3 is 0 Å². The Balaban J connectivity index is 1.82. The van der Waals surface area contributed by atoms with E-state index in [1.807, 2.05) is 17.4 Å². The second kappa shape index (κ2) is 5.16. The summed E-state index contributed by atoms with van der Waals surface area (Å²) >= 11 is 7.85. The van der Waals surface area contributed by atoms with E-state index in [4.69, 9.17) is 11.6 Å². The van der Waals surface area contributed by atoms with E-state index in [0.29, 0.717) is 16.8 Å². The van der Waals surface area contributed by atoms with Crippen LogP contribution >= 0.6 is 22.9 Å². The molecule has 0 bridgehead atoms. The molecule has 0 radical (unpaired) electrons. The van der Waals surface area contributed by atoms with Gasteiger partial charge in [-0.05, 0) is 48.6 Å². The van der Waals surface area contributed by atoms with Crippen LogP contribution in [0.5, 0.6) is 5.75 Å². The van der Waals surface area contributed by atoms with Crippen molar-refractivity contribution in [1.29, 1.82) is 0 Å². The van der Waals surface area contributed by atoms with Crippen LogP contribution in [0, 0.1) is 0 Å². The van der Waals surface area contributed by atoms with E-state index in [-0.39, 0.29) is 0 Å². The molecular formula is C15H16ClNOS. The highest BCUT2D eigenvalue weighted by Crippen LogP contribution is 2.30. The summed E-state index contributed by atoms with van der Waals surface area (Å²) in [5.74, 6) is 0.327. The Kier molecular flexibility index (Phi) is 3.52. The third-order valence-electron chi connectivity index (χ3n) is 3.73. The zero-order chi connectivity index (χ0) is 13.4. The van der Waals surface area contributed by atoms with Gasteiger partial charge in [-0.25, -0.2) is 0 Å². The van der Waals surface area contributed by atoms with Crippen molar-refractivity contribution in [2.75, 3.05) is 0 Å². The average Bonchev–Trinajstić information content (AvgIpc) is 2.81. The van der Waals surface area contributed by atoms with Crippen molar-refractivity contribution >= 4 is 22.9 Å². The number of phenolic OH excluding ortho intramolecular Hbond substituents is 1. The Morgan fingerprint density at radius 3 is 3.11 bits per heavy atom. The molecule has 0 saturated carbocycles. The maximum absolute atomic E-state index is 9.92. The predicted molar refractivity (Wildman–Crippen MR) is 79.8 cm³/mol. The Bertz CT molecular complexity index is 596. The molecule has 1 aliphatic rings. The molecule has 2 nitrogen and oxygen atoms in total. The third-order valence-corrected chi connectivity index (χ3v) is 4.95. The van der Waals surface area contributed by atoms with Crippen molar-refractivity contribution in [1.82, 2.24) is 4.90 Å². The molecule has 0 fully saturated rings. The minimum Gasteiger partial charge on any atom is -0.508 e. The van der Waals surface area contributed by atoms with E-state index in [9.17, 15) is 5.11 Å². The molecule has 1 aliphatic heterocycles. The number of hydrogen-bond acceptors (Lipinski definition) is 3. The van der Waals surface area contributed by atoms with Crippen LogP contribution in [0.1, 0.15) is 22.9 Å². The molecular weight excluding hydrogens is 278 g/mol. The van der Waals surface area contributed by atoms with Gasteiger partial charge in [-0.1, -0.05) is 11.6 Å². The Hall–Kier alpha value is -1.03. The van der Waals surface area contributed by atoms with Gasteiger partial charge in [-0.3, -0.25) is 4.90 Å². The van der Waals surface area contributed by atoms with E-state index >= 15 is 0 Å². The minimum atomic E-state index is 0.327. The molecule has 3 rings (SSSR count).